The second-order valence-electron chi connectivity index (χ2n) is 5.60. The van der Waals surface area contributed by atoms with Crippen LogP contribution in [-0.2, 0) is 21.0 Å². The summed E-state index contributed by atoms with van der Waals surface area (Å²) in [5, 5.41) is 8.09. The van der Waals surface area contributed by atoms with Crippen molar-refractivity contribution in [3.05, 3.63) is 58.0 Å². The summed E-state index contributed by atoms with van der Waals surface area (Å²) in [4.78, 5) is 28.3. The Kier molecular flexibility index (Phi) is 3.59. The molecule has 1 fully saturated rings. The molecule has 2 aromatic rings. The van der Waals surface area contributed by atoms with Crippen LogP contribution < -0.4 is 11.3 Å². The van der Waals surface area contributed by atoms with E-state index in [1.54, 1.807) is 6.92 Å². The van der Waals surface area contributed by atoms with Crippen molar-refractivity contribution in [3.63, 3.8) is 0 Å². The maximum atomic E-state index is 11.8. The van der Waals surface area contributed by atoms with E-state index < -0.39 is 17.3 Å². The predicted molar refractivity (Wildman–Crippen MR) is 83.8 cm³/mol. The molecule has 3 heterocycles. The van der Waals surface area contributed by atoms with Crippen molar-refractivity contribution < 1.29 is 23.2 Å². The van der Waals surface area contributed by atoms with Gasteiger partial charge in [-0.25, -0.2) is 4.79 Å². The van der Waals surface area contributed by atoms with Gasteiger partial charge in [0.15, 0.2) is 11.3 Å². The van der Waals surface area contributed by atoms with Crippen molar-refractivity contribution in [2.75, 3.05) is 0 Å². The number of hydrogen-bond donors (Lipinski definition) is 1. The van der Waals surface area contributed by atoms with Gasteiger partial charge in [0.25, 0.3) is 0 Å². The van der Waals surface area contributed by atoms with E-state index in [0.717, 1.165) is 5.56 Å². The summed E-state index contributed by atoms with van der Waals surface area (Å²) < 4.78 is 14.8. The lowest BCUT2D eigenvalue weighted by Gasteiger charge is -2.24. The van der Waals surface area contributed by atoms with Gasteiger partial charge in [0.05, 0.1) is 6.42 Å². The molecule has 2 aliphatic rings. The number of carbonyl (C=O) groups is 1. The second-order valence-corrected chi connectivity index (χ2v) is 5.60. The molecule has 1 N–H and O–H groups in total. The normalized spacial score (nSPS) is 21.7. The predicted octanol–water partition coefficient (Wildman–Crippen LogP) is 1.06. The summed E-state index contributed by atoms with van der Waals surface area (Å²) in [5.41, 5.74) is 2.99. The maximum absolute atomic E-state index is 11.8. The Labute approximate surface area is 140 Å². The van der Waals surface area contributed by atoms with Gasteiger partial charge in [-0.2, -0.15) is 5.48 Å². The average molecular weight is 343 g/mol. The summed E-state index contributed by atoms with van der Waals surface area (Å²) in [5.74, 6) is -0.552. The standard InChI is InChI=1S/C16H13N3O6/c1-9-11(24-15(21)23-9)8-22-19-16-7-12(20)25-14(16)18-17-13(16)10-5-3-2-4-6-10/h2-6,19H,7-8H2,1H3. The Morgan fingerprint density at radius 3 is 2.72 bits per heavy atom. The van der Waals surface area contributed by atoms with Crippen LogP contribution in [0, 0.1) is 6.92 Å². The monoisotopic (exact) mass is 343 g/mol. The van der Waals surface area contributed by atoms with Gasteiger partial charge in [-0.15, -0.1) is 10.2 Å². The third-order valence-electron chi connectivity index (χ3n) is 3.96. The van der Waals surface area contributed by atoms with Crippen molar-refractivity contribution in [3.8, 4) is 0 Å². The molecule has 0 aliphatic carbocycles. The van der Waals surface area contributed by atoms with Crippen molar-refractivity contribution in [1.82, 2.24) is 5.48 Å². The molecule has 0 radical (unpaired) electrons. The van der Waals surface area contributed by atoms with Crippen LogP contribution in [0.15, 0.2) is 54.2 Å². The van der Waals surface area contributed by atoms with E-state index in [0.29, 0.717) is 11.5 Å². The molecule has 0 amide bonds. The minimum Gasteiger partial charge on any atom is -0.407 e. The van der Waals surface area contributed by atoms with Crippen LogP contribution in [0.2, 0.25) is 0 Å². The molecule has 25 heavy (non-hydrogen) atoms. The molecule has 0 spiro atoms. The highest BCUT2D eigenvalue weighted by Gasteiger charge is 2.55. The highest BCUT2D eigenvalue weighted by Crippen LogP contribution is 2.32. The molecule has 4 rings (SSSR count). The zero-order valence-electron chi connectivity index (χ0n) is 13.1. The Morgan fingerprint density at radius 2 is 2.00 bits per heavy atom. The fourth-order valence-corrected chi connectivity index (χ4v) is 2.75. The van der Waals surface area contributed by atoms with Gasteiger partial charge in [0.1, 0.15) is 18.1 Å². The average Bonchev–Trinajstić information content (AvgIpc) is 3.19. The first-order chi connectivity index (χ1) is 12.1. The third-order valence-corrected chi connectivity index (χ3v) is 3.96. The van der Waals surface area contributed by atoms with E-state index in [4.69, 9.17) is 18.4 Å². The highest BCUT2D eigenvalue weighted by atomic mass is 16.7. The number of nitrogens with one attached hydrogen (secondary N) is 1. The molecule has 2 aliphatic heterocycles. The molecule has 9 heteroatoms. The number of hydroxylamine groups is 1. The summed E-state index contributed by atoms with van der Waals surface area (Å²) >= 11 is 0. The maximum Gasteiger partial charge on any atom is 0.519 e. The van der Waals surface area contributed by atoms with Crippen LogP contribution in [0.5, 0.6) is 0 Å². The minimum atomic E-state index is -1.11. The van der Waals surface area contributed by atoms with E-state index in [2.05, 4.69) is 15.7 Å². The van der Waals surface area contributed by atoms with Gasteiger partial charge < -0.3 is 13.6 Å². The smallest absolute Gasteiger partial charge is 0.407 e. The zero-order chi connectivity index (χ0) is 17.4. The van der Waals surface area contributed by atoms with Crippen LogP contribution in [0.25, 0.3) is 0 Å². The van der Waals surface area contributed by atoms with Gasteiger partial charge >= 0.3 is 11.8 Å². The van der Waals surface area contributed by atoms with Crippen LogP contribution in [0.3, 0.4) is 0 Å². The van der Waals surface area contributed by atoms with E-state index >= 15 is 0 Å². The van der Waals surface area contributed by atoms with Crippen LogP contribution in [0.1, 0.15) is 23.5 Å². The van der Waals surface area contributed by atoms with Crippen molar-refractivity contribution in [1.29, 1.82) is 0 Å². The molecule has 9 nitrogen and oxygen atoms in total. The van der Waals surface area contributed by atoms with Crippen molar-refractivity contribution >= 4 is 17.6 Å². The van der Waals surface area contributed by atoms with Crippen molar-refractivity contribution in [2.24, 2.45) is 10.2 Å². The van der Waals surface area contributed by atoms with Crippen LogP contribution in [0.4, 0.5) is 0 Å². The quantitative estimate of drug-likeness (QED) is 0.637. The van der Waals surface area contributed by atoms with Gasteiger partial charge in [0, 0.05) is 5.56 Å². The van der Waals surface area contributed by atoms with Gasteiger partial charge in [-0.05, 0) is 6.92 Å². The summed E-state index contributed by atoms with van der Waals surface area (Å²) in [6, 6.07) is 9.28. The summed E-state index contributed by atoms with van der Waals surface area (Å²) in [6.45, 7) is 1.51. The van der Waals surface area contributed by atoms with Crippen LogP contribution in [-0.4, -0.2) is 23.1 Å². The lowest BCUT2D eigenvalue weighted by atomic mass is 9.88. The number of benzene rings is 1. The van der Waals surface area contributed by atoms with E-state index in [1.165, 1.54) is 0 Å². The molecule has 1 saturated heterocycles. The molecular weight excluding hydrogens is 330 g/mol. The molecule has 0 saturated carbocycles. The number of hydrogen-bond acceptors (Lipinski definition) is 9. The molecule has 1 aromatic carbocycles. The first-order valence-corrected chi connectivity index (χ1v) is 7.49. The first-order valence-electron chi connectivity index (χ1n) is 7.49. The number of aryl methyl sites for hydroxylation is 1. The van der Waals surface area contributed by atoms with E-state index in [-0.39, 0.29) is 24.7 Å². The fraction of sp³-hybridized carbons (Fsp3) is 0.250. The van der Waals surface area contributed by atoms with Gasteiger partial charge in [0.2, 0.25) is 5.90 Å². The van der Waals surface area contributed by atoms with E-state index in [1.807, 2.05) is 30.3 Å². The minimum absolute atomic E-state index is 0.0200. The number of carbonyl (C=O) groups excluding carboxylic acids is 1. The number of fused-ring (bicyclic) bond motifs is 1. The molecular formula is C16H13N3O6. The third kappa shape index (κ3) is 2.59. The summed E-state index contributed by atoms with van der Waals surface area (Å²) in [6.07, 6.45) is -0.0200. The lowest BCUT2D eigenvalue weighted by molar-refractivity contribution is -0.133. The van der Waals surface area contributed by atoms with Crippen molar-refractivity contribution in [2.45, 2.75) is 25.5 Å². The molecule has 0 bridgehead atoms. The first kappa shape index (κ1) is 15.5. The number of nitrogens with zero attached hydrogens (tertiary/aromatic N) is 2. The molecule has 1 aromatic heterocycles. The molecule has 1 atom stereocenters. The topological polar surface area (TPSA) is 116 Å². The Morgan fingerprint density at radius 1 is 1.20 bits per heavy atom. The Balaban J connectivity index is 1.58. The second kappa shape index (κ2) is 5.80. The summed E-state index contributed by atoms with van der Waals surface area (Å²) in [7, 11) is 0. The van der Waals surface area contributed by atoms with Crippen LogP contribution >= 0.6 is 0 Å². The number of rotatable bonds is 5. The largest absolute Gasteiger partial charge is 0.519 e. The number of ether oxygens (including phenoxy) is 1. The number of esters is 1. The molecule has 128 valence electrons. The molecule has 1 unspecified atom stereocenters. The van der Waals surface area contributed by atoms with Gasteiger partial charge in [-0.1, -0.05) is 30.3 Å². The Bertz CT molecular complexity index is 942. The van der Waals surface area contributed by atoms with E-state index in [9.17, 15) is 9.59 Å². The highest BCUT2D eigenvalue weighted by molar-refractivity contribution is 6.27. The fourth-order valence-electron chi connectivity index (χ4n) is 2.75. The lowest BCUT2D eigenvalue weighted by Crippen LogP contribution is -2.54. The SMILES string of the molecule is Cc1oc(=O)oc1CONC12CC(=O)OC1=NN=C2c1ccccc1. The van der Waals surface area contributed by atoms with Gasteiger partial charge in [-0.3, -0.25) is 9.63 Å². The Hall–Kier alpha value is -3.04. The zero-order valence-corrected chi connectivity index (χ0v) is 13.1.